The van der Waals surface area contributed by atoms with Crippen molar-refractivity contribution >= 4 is 5.91 Å². The van der Waals surface area contributed by atoms with Gasteiger partial charge in [-0.2, -0.15) is 0 Å². The van der Waals surface area contributed by atoms with Crippen LogP contribution in [0.3, 0.4) is 0 Å². The molecule has 3 aromatic rings. The predicted octanol–water partition coefficient (Wildman–Crippen LogP) is 3.14. The second-order valence-corrected chi connectivity index (χ2v) is 6.60. The van der Waals surface area contributed by atoms with Crippen LogP contribution in [0.1, 0.15) is 39.0 Å². The Hall–Kier alpha value is -3.15. The molecule has 0 unspecified atom stereocenters. The second-order valence-electron chi connectivity index (χ2n) is 6.60. The third-order valence-corrected chi connectivity index (χ3v) is 4.16. The predicted molar refractivity (Wildman–Crippen MR) is 104 cm³/mol. The lowest BCUT2D eigenvalue weighted by atomic mass is 10.1. The molecule has 0 spiro atoms. The lowest BCUT2D eigenvalue weighted by Gasteiger charge is -2.08. The molecule has 2 aromatic heterocycles. The first kappa shape index (κ1) is 18.6. The molecule has 1 aromatic carbocycles. The maximum Gasteiger partial charge on any atom is 0.251 e. The zero-order valence-corrected chi connectivity index (χ0v) is 16.1. The van der Waals surface area contributed by atoms with Crippen LogP contribution in [0, 0.1) is 27.7 Å². The van der Waals surface area contributed by atoms with Crippen molar-refractivity contribution in [3.63, 3.8) is 0 Å². The number of rotatable bonds is 5. The summed E-state index contributed by atoms with van der Waals surface area (Å²) in [7, 11) is 0. The Bertz CT molecular complexity index is 947. The highest BCUT2D eigenvalue weighted by molar-refractivity contribution is 5.94. The number of carbonyl (C=O) groups excluding carboxylic acids is 1. The fourth-order valence-electron chi connectivity index (χ4n) is 2.89. The van der Waals surface area contributed by atoms with E-state index >= 15 is 0 Å². The molecule has 0 saturated carbocycles. The van der Waals surface area contributed by atoms with Gasteiger partial charge in [0.05, 0.1) is 17.1 Å². The molecule has 0 saturated heterocycles. The van der Waals surface area contributed by atoms with E-state index in [2.05, 4.69) is 25.3 Å². The van der Waals surface area contributed by atoms with Crippen LogP contribution in [-0.4, -0.2) is 32.4 Å². The maximum atomic E-state index is 12.4. The van der Waals surface area contributed by atoms with Crippen LogP contribution in [0.25, 0.3) is 11.3 Å². The molecule has 0 radical (unpaired) electrons. The molecular weight excluding hydrogens is 338 g/mol. The normalized spacial score (nSPS) is 10.7. The van der Waals surface area contributed by atoms with E-state index in [1.807, 2.05) is 45.9 Å². The van der Waals surface area contributed by atoms with Gasteiger partial charge in [0.15, 0.2) is 0 Å². The zero-order chi connectivity index (χ0) is 19.4. The first-order valence-corrected chi connectivity index (χ1v) is 8.92. The van der Waals surface area contributed by atoms with Gasteiger partial charge in [-0.25, -0.2) is 15.0 Å². The van der Waals surface area contributed by atoms with E-state index in [4.69, 9.17) is 0 Å². The van der Waals surface area contributed by atoms with Crippen molar-refractivity contribution in [1.29, 1.82) is 0 Å². The van der Waals surface area contributed by atoms with E-state index in [-0.39, 0.29) is 5.91 Å². The van der Waals surface area contributed by atoms with Crippen molar-refractivity contribution in [1.82, 2.24) is 25.3 Å². The Labute approximate surface area is 159 Å². The maximum absolute atomic E-state index is 12.4. The Morgan fingerprint density at radius 1 is 0.926 bits per heavy atom. The molecule has 6 nitrogen and oxygen atoms in total. The Kier molecular flexibility index (Phi) is 5.54. The number of aryl methyl sites for hydroxylation is 4. The first-order valence-electron chi connectivity index (χ1n) is 8.92. The van der Waals surface area contributed by atoms with E-state index in [0.717, 1.165) is 39.9 Å². The van der Waals surface area contributed by atoms with E-state index in [0.29, 0.717) is 18.5 Å². The smallest absolute Gasteiger partial charge is 0.251 e. The summed E-state index contributed by atoms with van der Waals surface area (Å²) < 4.78 is 0. The van der Waals surface area contributed by atoms with Gasteiger partial charge in [-0.15, -0.1) is 0 Å². The molecular formula is C21H23N5O. The topological polar surface area (TPSA) is 80.7 Å². The summed E-state index contributed by atoms with van der Waals surface area (Å²) in [5, 5.41) is 2.92. The van der Waals surface area contributed by atoms with Gasteiger partial charge in [0.1, 0.15) is 5.82 Å². The SMILES string of the molecule is Cc1cc(C)nc(CCNC(=O)c2ccc(-c3nc(C)cnc3C)cc2)n1. The molecule has 0 fully saturated rings. The standard InChI is InChI=1S/C21H23N5O/c1-13-11-14(2)25-19(24-13)9-10-22-21(27)18-7-5-17(6-8-18)20-16(4)23-12-15(3)26-20/h5-8,11-12H,9-10H2,1-4H3,(H,22,27). The van der Waals surface area contributed by atoms with Gasteiger partial charge in [0, 0.05) is 41.7 Å². The molecule has 0 bridgehead atoms. The van der Waals surface area contributed by atoms with Crippen molar-refractivity contribution in [3.8, 4) is 11.3 Å². The van der Waals surface area contributed by atoms with Crippen LogP contribution in [0.5, 0.6) is 0 Å². The summed E-state index contributed by atoms with van der Waals surface area (Å²) in [5.41, 5.74) is 6.01. The fraction of sp³-hybridized carbons (Fsp3) is 0.286. The van der Waals surface area contributed by atoms with Crippen LogP contribution in [0.4, 0.5) is 0 Å². The summed E-state index contributed by atoms with van der Waals surface area (Å²) in [4.78, 5) is 30.0. The Morgan fingerprint density at radius 3 is 2.26 bits per heavy atom. The van der Waals surface area contributed by atoms with Gasteiger partial charge >= 0.3 is 0 Å². The van der Waals surface area contributed by atoms with Crippen molar-refractivity contribution in [2.75, 3.05) is 6.54 Å². The minimum Gasteiger partial charge on any atom is -0.352 e. The molecule has 27 heavy (non-hydrogen) atoms. The average molecular weight is 361 g/mol. The minimum atomic E-state index is -0.113. The zero-order valence-electron chi connectivity index (χ0n) is 16.1. The van der Waals surface area contributed by atoms with Crippen molar-refractivity contribution < 1.29 is 4.79 Å². The van der Waals surface area contributed by atoms with E-state index in [1.165, 1.54) is 0 Å². The van der Waals surface area contributed by atoms with E-state index < -0.39 is 0 Å². The number of benzene rings is 1. The molecule has 1 N–H and O–H groups in total. The molecule has 0 atom stereocenters. The second kappa shape index (κ2) is 8.03. The van der Waals surface area contributed by atoms with Gasteiger partial charge < -0.3 is 5.32 Å². The Balaban J connectivity index is 1.63. The Morgan fingerprint density at radius 2 is 1.59 bits per heavy atom. The number of hydrogen-bond donors (Lipinski definition) is 1. The van der Waals surface area contributed by atoms with E-state index in [9.17, 15) is 4.79 Å². The third-order valence-electron chi connectivity index (χ3n) is 4.16. The summed E-state index contributed by atoms with van der Waals surface area (Å²) in [6.45, 7) is 8.22. The highest BCUT2D eigenvalue weighted by Gasteiger charge is 2.09. The number of carbonyl (C=O) groups is 1. The molecule has 138 valence electrons. The monoisotopic (exact) mass is 361 g/mol. The van der Waals surface area contributed by atoms with Crippen LogP contribution < -0.4 is 5.32 Å². The fourth-order valence-corrected chi connectivity index (χ4v) is 2.89. The lowest BCUT2D eigenvalue weighted by Crippen LogP contribution is -2.26. The first-order chi connectivity index (χ1) is 12.9. The van der Waals surface area contributed by atoms with Crippen LogP contribution in [0.15, 0.2) is 36.5 Å². The largest absolute Gasteiger partial charge is 0.352 e. The van der Waals surface area contributed by atoms with Crippen molar-refractivity contribution in [3.05, 3.63) is 70.7 Å². The molecule has 0 aliphatic heterocycles. The summed E-state index contributed by atoms with van der Waals surface area (Å²) in [5.74, 6) is 0.634. The highest BCUT2D eigenvalue weighted by atomic mass is 16.1. The number of amides is 1. The lowest BCUT2D eigenvalue weighted by molar-refractivity contribution is 0.0954. The molecule has 0 aliphatic rings. The minimum absolute atomic E-state index is 0.113. The number of hydrogen-bond acceptors (Lipinski definition) is 5. The van der Waals surface area contributed by atoms with Crippen molar-refractivity contribution in [2.45, 2.75) is 34.1 Å². The van der Waals surface area contributed by atoms with Gasteiger partial charge in [0.25, 0.3) is 5.91 Å². The molecule has 1 amide bonds. The molecule has 0 aliphatic carbocycles. The molecule has 3 rings (SSSR count). The number of nitrogens with one attached hydrogen (secondary N) is 1. The molecule has 2 heterocycles. The number of aromatic nitrogens is 4. The number of nitrogens with zero attached hydrogens (tertiary/aromatic N) is 4. The van der Waals surface area contributed by atoms with Crippen LogP contribution in [0.2, 0.25) is 0 Å². The molecule has 6 heteroatoms. The van der Waals surface area contributed by atoms with Crippen molar-refractivity contribution in [2.24, 2.45) is 0 Å². The highest BCUT2D eigenvalue weighted by Crippen LogP contribution is 2.20. The quantitative estimate of drug-likeness (QED) is 0.755. The van der Waals surface area contributed by atoms with Crippen LogP contribution >= 0.6 is 0 Å². The van der Waals surface area contributed by atoms with Gasteiger partial charge in [-0.1, -0.05) is 12.1 Å². The van der Waals surface area contributed by atoms with Gasteiger partial charge in [-0.05, 0) is 45.9 Å². The summed E-state index contributed by atoms with van der Waals surface area (Å²) >= 11 is 0. The van der Waals surface area contributed by atoms with Gasteiger partial charge in [-0.3, -0.25) is 9.78 Å². The summed E-state index contributed by atoms with van der Waals surface area (Å²) in [6.07, 6.45) is 2.35. The van der Waals surface area contributed by atoms with Gasteiger partial charge in [0.2, 0.25) is 0 Å². The summed E-state index contributed by atoms with van der Waals surface area (Å²) in [6, 6.07) is 9.35. The average Bonchev–Trinajstić information content (AvgIpc) is 2.63. The van der Waals surface area contributed by atoms with E-state index in [1.54, 1.807) is 18.3 Å². The van der Waals surface area contributed by atoms with Crippen LogP contribution in [-0.2, 0) is 6.42 Å². The third kappa shape index (κ3) is 4.73.